The van der Waals surface area contributed by atoms with Gasteiger partial charge in [0.2, 0.25) is 0 Å². The Kier molecular flexibility index (Phi) is 3.97. The molecule has 0 saturated heterocycles. The predicted molar refractivity (Wildman–Crippen MR) is 104 cm³/mol. The van der Waals surface area contributed by atoms with Crippen LogP contribution in [0.5, 0.6) is 0 Å². The van der Waals surface area contributed by atoms with E-state index in [9.17, 15) is 9.18 Å². The molecule has 9 heteroatoms. The van der Waals surface area contributed by atoms with Gasteiger partial charge >= 0.3 is 0 Å². The van der Waals surface area contributed by atoms with E-state index in [4.69, 9.17) is 10.2 Å². The van der Waals surface area contributed by atoms with Crippen LogP contribution in [0.2, 0.25) is 0 Å². The van der Waals surface area contributed by atoms with Crippen LogP contribution in [0.3, 0.4) is 0 Å². The Morgan fingerprint density at radius 1 is 1.38 bits per heavy atom. The van der Waals surface area contributed by atoms with Crippen molar-refractivity contribution in [1.82, 2.24) is 24.6 Å². The van der Waals surface area contributed by atoms with Crippen LogP contribution in [-0.2, 0) is 13.6 Å². The van der Waals surface area contributed by atoms with Gasteiger partial charge in [-0.25, -0.2) is 14.4 Å². The highest BCUT2D eigenvalue weighted by Crippen LogP contribution is 2.32. The Morgan fingerprint density at radius 2 is 2.21 bits per heavy atom. The molecule has 1 aliphatic carbocycles. The summed E-state index contributed by atoms with van der Waals surface area (Å²) in [6.07, 6.45) is 7.28. The number of amides is 1. The minimum Gasteiger partial charge on any atom is -0.451 e. The van der Waals surface area contributed by atoms with Gasteiger partial charge in [-0.1, -0.05) is 0 Å². The van der Waals surface area contributed by atoms with Crippen LogP contribution >= 0.6 is 0 Å². The molecule has 5 rings (SSSR count). The van der Waals surface area contributed by atoms with Crippen molar-refractivity contribution in [1.29, 1.82) is 0 Å². The molecule has 1 fully saturated rings. The molecular weight excluding hydrogens is 375 g/mol. The van der Waals surface area contributed by atoms with E-state index < -0.39 is 5.82 Å². The number of carbonyl (C=O) groups excluding carboxylic acids is 1. The van der Waals surface area contributed by atoms with Crippen molar-refractivity contribution in [2.45, 2.75) is 31.8 Å². The number of nitrogens with zero attached hydrogens (tertiary/aromatic N) is 5. The van der Waals surface area contributed by atoms with Crippen LogP contribution in [0.1, 0.15) is 35.3 Å². The molecule has 0 aliphatic heterocycles. The summed E-state index contributed by atoms with van der Waals surface area (Å²) in [6, 6.07) is 2.88. The van der Waals surface area contributed by atoms with E-state index >= 15 is 0 Å². The zero-order chi connectivity index (χ0) is 20.1. The van der Waals surface area contributed by atoms with Crippen LogP contribution < -0.4 is 5.73 Å². The van der Waals surface area contributed by atoms with E-state index in [2.05, 4.69) is 15.1 Å². The fourth-order valence-corrected chi connectivity index (χ4v) is 3.85. The summed E-state index contributed by atoms with van der Waals surface area (Å²) in [5, 5.41) is 5.53. The first-order chi connectivity index (χ1) is 14.0. The standard InChI is InChI=1S/C20H19FN6O2/c1-26-18-14-5-13(16(21)6-17(14)25-19(22)15(18)7-24-26)20(28)27(12-3-2-4-12)8-11-9-29-10-23-11/h5-7,9-10,12H,2-4,8H2,1H3,(H2,22,25). The van der Waals surface area contributed by atoms with Gasteiger partial charge in [-0.2, -0.15) is 5.10 Å². The molecule has 1 aliphatic rings. The van der Waals surface area contributed by atoms with E-state index in [0.717, 1.165) is 19.3 Å². The number of rotatable bonds is 4. The lowest BCUT2D eigenvalue weighted by atomic mass is 9.90. The van der Waals surface area contributed by atoms with E-state index in [1.54, 1.807) is 28.9 Å². The number of carbonyl (C=O) groups is 1. The third kappa shape index (κ3) is 2.81. The van der Waals surface area contributed by atoms with Gasteiger partial charge in [0.1, 0.15) is 17.9 Å². The molecule has 0 radical (unpaired) electrons. The number of hydrogen-bond acceptors (Lipinski definition) is 6. The summed E-state index contributed by atoms with van der Waals surface area (Å²) in [5.41, 5.74) is 7.74. The molecule has 0 atom stereocenters. The van der Waals surface area contributed by atoms with Crippen LogP contribution in [0.4, 0.5) is 10.2 Å². The fourth-order valence-electron chi connectivity index (χ4n) is 3.85. The Hall–Kier alpha value is -3.49. The summed E-state index contributed by atoms with van der Waals surface area (Å²) < 4.78 is 21.6. The van der Waals surface area contributed by atoms with Crippen LogP contribution in [0, 0.1) is 5.82 Å². The van der Waals surface area contributed by atoms with E-state index in [-0.39, 0.29) is 29.9 Å². The summed E-state index contributed by atoms with van der Waals surface area (Å²) in [4.78, 5) is 23.4. The van der Waals surface area contributed by atoms with Crippen molar-refractivity contribution >= 4 is 33.5 Å². The molecule has 3 aromatic heterocycles. The zero-order valence-corrected chi connectivity index (χ0v) is 15.8. The average molecular weight is 394 g/mol. The summed E-state index contributed by atoms with van der Waals surface area (Å²) in [6.45, 7) is 0.276. The Bertz CT molecular complexity index is 1230. The molecule has 4 aromatic rings. The van der Waals surface area contributed by atoms with Crippen LogP contribution in [-0.4, -0.2) is 36.6 Å². The molecule has 8 nitrogen and oxygen atoms in total. The highest BCUT2D eigenvalue weighted by molar-refractivity contribution is 6.10. The second-order valence-electron chi connectivity index (χ2n) is 7.37. The van der Waals surface area contributed by atoms with E-state index in [1.165, 1.54) is 18.7 Å². The molecule has 29 heavy (non-hydrogen) atoms. The lowest BCUT2D eigenvalue weighted by Crippen LogP contribution is -2.44. The first kappa shape index (κ1) is 17.6. The number of benzene rings is 1. The van der Waals surface area contributed by atoms with Crippen molar-refractivity contribution in [2.75, 3.05) is 5.73 Å². The van der Waals surface area contributed by atoms with Crippen molar-refractivity contribution in [2.24, 2.45) is 7.05 Å². The number of anilines is 1. The quantitative estimate of drug-likeness (QED) is 0.571. The average Bonchev–Trinajstić information content (AvgIpc) is 3.29. The van der Waals surface area contributed by atoms with Crippen molar-refractivity contribution in [3.63, 3.8) is 0 Å². The number of halogens is 1. The van der Waals surface area contributed by atoms with Crippen molar-refractivity contribution < 1.29 is 13.6 Å². The Labute approximate surface area is 165 Å². The number of oxazole rings is 1. The first-order valence-corrected chi connectivity index (χ1v) is 9.41. The van der Waals surface area contributed by atoms with Gasteiger partial charge in [0.15, 0.2) is 6.39 Å². The molecule has 1 amide bonds. The van der Waals surface area contributed by atoms with Crippen LogP contribution in [0.25, 0.3) is 21.8 Å². The highest BCUT2D eigenvalue weighted by Gasteiger charge is 2.31. The van der Waals surface area contributed by atoms with Gasteiger partial charge in [0.25, 0.3) is 5.91 Å². The normalized spacial score (nSPS) is 14.4. The Morgan fingerprint density at radius 3 is 2.90 bits per heavy atom. The maximum absolute atomic E-state index is 15.0. The monoisotopic (exact) mass is 394 g/mol. The number of hydrogen-bond donors (Lipinski definition) is 1. The molecule has 148 valence electrons. The smallest absolute Gasteiger partial charge is 0.257 e. The van der Waals surface area contributed by atoms with Gasteiger partial charge in [0, 0.05) is 24.5 Å². The molecule has 0 spiro atoms. The van der Waals surface area contributed by atoms with E-state index in [0.29, 0.717) is 27.5 Å². The maximum Gasteiger partial charge on any atom is 0.257 e. The molecule has 0 bridgehead atoms. The van der Waals surface area contributed by atoms with Gasteiger partial charge in [-0.05, 0) is 25.3 Å². The van der Waals surface area contributed by atoms with Gasteiger partial charge < -0.3 is 15.1 Å². The number of aromatic nitrogens is 4. The molecule has 2 N–H and O–H groups in total. The second-order valence-corrected chi connectivity index (χ2v) is 7.37. The molecular formula is C20H19FN6O2. The maximum atomic E-state index is 15.0. The molecule has 1 aromatic carbocycles. The minimum atomic E-state index is -0.625. The van der Waals surface area contributed by atoms with Gasteiger partial charge in [0.05, 0.1) is 40.4 Å². The van der Waals surface area contributed by atoms with Crippen molar-refractivity contribution in [3.8, 4) is 0 Å². The molecule has 3 heterocycles. The van der Waals surface area contributed by atoms with Crippen molar-refractivity contribution in [3.05, 3.63) is 48.1 Å². The number of aryl methyl sites for hydroxylation is 1. The van der Waals surface area contributed by atoms with E-state index in [1.807, 2.05) is 0 Å². The largest absolute Gasteiger partial charge is 0.451 e. The topological polar surface area (TPSA) is 103 Å². The first-order valence-electron chi connectivity index (χ1n) is 9.41. The third-order valence-electron chi connectivity index (χ3n) is 5.62. The lowest BCUT2D eigenvalue weighted by Gasteiger charge is -2.37. The zero-order valence-electron chi connectivity index (χ0n) is 15.8. The number of nitrogen functional groups attached to an aromatic ring is 1. The third-order valence-corrected chi connectivity index (χ3v) is 5.62. The number of fused-ring (bicyclic) bond motifs is 3. The SMILES string of the molecule is Cn1ncc2c(N)nc3cc(F)c(C(=O)N(Cc4cocn4)C4CCC4)cc3c21. The van der Waals surface area contributed by atoms with Gasteiger partial charge in [-0.15, -0.1) is 0 Å². The fraction of sp³-hybridized carbons (Fsp3) is 0.300. The van der Waals surface area contributed by atoms with Gasteiger partial charge in [-0.3, -0.25) is 9.48 Å². The Balaban J connectivity index is 1.63. The summed E-state index contributed by atoms with van der Waals surface area (Å²) in [7, 11) is 1.78. The van der Waals surface area contributed by atoms with Crippen LogP contribution in [0.15, 0.2) is 35.4 Å². The lowest BCUT2D eigenvalue weighted by molar-refractivity contribution is 0.0548. The summed E-state index contributed by atoms with van der Waals surface area (Å²) >= 11 is 0. The summed E-state index contributed by atoms with van der Waals surface area (Å²) in [5.74, 6) is -0.717. The second kappa shape index (κ2) is 6.54. The molecule has 0 unspecified atom stereocenters. The molecule has 1 saturated carbocycles. The number of pyridine rings is 1. The highest BCUT2D eigenvalue weighted by atomic mass is 19.1. The number of nitrogens with two attached hydrogens (primary N) is 1. The predicted octanol–water partition coefficient (Wildman–Crippen LogP) is 3.03. The minimum absolute atomic E-state index is 0.00182.